The van der Waals surface area contributed by atoms with E-state index in [2.05, 4.69) is 17.4 Å². The molecule has 1 aromatic heterocycles. The number of carbonyl (C=O) groups excluding carboxylic acids is 2. The number of hydrogen-bond acceptors (Lipinski definition) is 7. The molecule has 0 aliphatic carbocycles. The number of nitrogens with one attached hydrogen (secondary N) is 1. The van der Waals surface area contributed by atoms with Crippen molar-refractivity contribution in [1.82, 2.24) is 10.1 Å². The average Bonchev–Trinajstić information content (AvgIpc) is 3.53. The first-order valence-electron chi connectivity index (χ1n) is 15.0. The number of nitrogens with zero attached hydrogens (tertiary/aromatic N) is 2. The van der Waals surface area contributed by atoms with E-state index in [1.807, 2.05) is 61.5 Å². The molecule has 3 amide bonds. The van der Waals surface area contributed by atoms with Gasteiger partial charge in [-0.2, -0.15) is 0 Å². The number of imide groups is 1. The van der Waals surface area contributed by atoms with Crippen molar-refractivity contribution in [3.63, 3.8) is 0 Å². The minimum absolute atomic E-state index is 0.00524. The number of carboxylic acid groups (broad SMARTS) is 1. The van der Waals surface area contributed by atoms with Crippen LogP contribution in [0, 0.1) is 0 Å². The van der Waals surface area contributed by atoms with Gasteiger partial charge in [-0.15, -0.1) is 0 Å². The van der Waals surface area contributed by atoms with Gasteiger partial charge in [-0.25, -0.2) is 19.3 Å². The minimum atomic E-state index is -1.38. The fourth-order valence-corrected chi connectivity index (χ4v) is 4.45. The molecule has 0 radical (unpaired) electrons. The van der Waals surface area contributed by atoms with E-state index < -0.39 is 29.8 Å². The zero-order chi connectivity index (χ0) is 32.4. The number of hydrogen-bond donors (Lipinski definition) is 2. The molecule has 4 aromatic rings. The van der Waals surface area contributed by atoms with Crippen LogP contribution in [0.3, 0.4) is 0 Å². The molecule has 0 aliphatic rings. The summed E-state index contributed by atoms with van der Waals surface area (Å²) in [7, 11) is 0. The van der Waals surface area contributed by atoms with Crippen LogP contribution in [-0.2, 0) is 22.5 Å². The summed E-state index contributed by atoms with van der Waals surface area (Å²) in [5.41, 5.74) is 2.31. The Kier molecular flexibility index (Phi) is 11.0. The summed E-state index contributed by atoms with van der Waals surface area (Å²) in [5.74, 6) is -0.375. The quantitative estimate of drug-likeness (QED) is 0.154. The topological polar surface area (TPSA) is 131 Å². The molecule has 236 valence electrons. The van der Waals surface area contributed by atoms with Gasteiger partial charge in [0.05, 0.1) is 6.54 Å². The van der Waals surface area contributed by atoms with Crippen LogP contribution in [0.25, 0.3) is 11.3 Å². The maximum Gasteiger partial charge on any atom is 0.419 e. The molecular formula is C35H39N3O7. The average molecular weight is 614 g/mol. The van der Waals surface area contributed by atoms with E-state index in [9.17, 15) is 19.5 Å². The SMILES string of the molecule is CCCCc1ccc(NC(=O)N(Cc2ccccc2)C(=O)OC(CC)c2cc(-c3ccc(OC(C)(C)C(=O)O)cc3)no2)cc1. The first-order chi connectivity index (χ1) is 21.6. The standard InChI is InChI=1S/C35H39N3O7/c1-5-7-11-24-14-18-27(19-15-24)36-33(41)38(23-25-12-9-8-10-13-25)34(42)43-30(6-2)31-22-29(37-45-31)26-16-20-28(21-17-26)44-35(3,4)32(39)40/h8-10,12-22,30H,5-7,11,23H2,1-4H3,(H,36,41)(H,39,40). The number of unbranched alkanes of at least 4 members (excludes halogenated alkanes) is 1. The van der Waals surface area contributed by atoms with E-state index in [1.54, 1.807) is 30.3 Å². The molecule has 45 heavy (non-hydrogen) atoms. The normalized spacial score (nSPS) is 11.8. The fraction of sp³-hybridized carbons (Fsp3) is 0.314. The predicted molar refractivity (Wildman–Crippen MR) is 170 cm³/mol. The van der Waals surface area contributed by atoms with Crippen LogP contribution < -0.4 is 10.1 Å². The van der Waals surface area contributed by atoms with Crippen molar-refractivity contribution in [3.8, 4) is 17.0 Å². The molecule has 0 bridgehead atoms. The van der Waals surface area contributed by atoms with Crippen LogP contribution in [-0.4, -0.2) is 38.9 Å². The smallest absolute Gasteiger partial charge is 0.419 e. The summed E-state index contributed by atoms with van der Waals surface area (Å²) in [6.07, 6.45) is 1.88. The van der Waals surface area contributed by atoms with Gasteiger partial charge in [-0.3, -0.25) is 0 Å². The van der Waals surface area contributed by atoms with Crippen molar-refractivity contribution in [1.29, 1.82) is 0 Å². The zero-order valence-corrected chi connectivity index (χ0v) is 26.0. The third-order valence-corrected chi connectivity index (χ3v) is 7.17. The van der Waals surface area contributed by atoms with Gasteiger partial charge in [-0.05, 0) is 80.6 Å². The zero-order valence-electron chi connectivity index (χ0n) is 26.0. The summed E-state index contributed by atoms with van der Waals surface area (Å²) in [6, 6.07) is 24.6. The highest BCUT2D eigenvalue weighted by molar-refractivity contribution is 5.99. The summed E-state index contributed by atoms with van der Waals surface area (Å²) >= 11 is 0. The Hall–Kier alpha value is -5.12. The molecule has 4 rings (SSSR count). The van der Waals surface area contributed by atoms with E-state index in [0.717, 1.165) is 29.7 Å². The van der Waals surface area contributed by atoms with Crippen LogP contribution in [0.2, 0.25) is 0 Å². The highest BCUT2D eigenvalue weighted by Gasteiger charge is 2.30. The first kappa shape index (κ1) is 32.8. The molecule has 0 saturated carbocycles. The van der Waals surface area contributed by atoms with Crippen LogP contribution >= 0.6 is 0 Å². The molecule has 0 spiro atoms. The number of rotatable bonds is 13. The van der Waals surface area contributed by atoms with Gasteiger partial charge >= 0.3 is 18.1 Å². The van der Waals surface area contributed by atoms with E-state index in [4.69, 9.17) is 14.0 Å². The number of carbonyl (C=O) groups is 3. The lowest BCUT2D eigenvalue weighted by Gasteiger charge is -2.23. The molecule has 10 nitrogen and oxygen atoms in total. The molecule has 0 aliphatic heterocycles. The molecule has 1 heterocycles. The number of anilines is 1. The summed E-state index contributed by atoms with van der Waals surface area (Å²) in [5, 5.41) is 16.3. The third-order valence-electron chi connectivity index (χ3n) is 7.17. The van der Waals surface area contributed by atoms with Crippen molar-refractivity contribution < 1.29 is 33.5 Å². The van der Waals surface area contributed by atoms with E-state index in [-0.39, 0.29) is 6.54 Å². The number of aromatic nitrogens is 1. The van der Waals surface area contributed by atoms with Gasteiger partial charge in [-0.1, -0.05) is 67.9 Å². The van der Waals surface area contributed by atoms with Crippen LogP contribution in [0.5, 0.6) is 5.75 Å². The van der Waals surface area contributed by atoms with Gasteiger partial charge in [0.25, 0.3) is 0 Å². The Morgan fingerprint density at radius 3 is 2.27 bits per heavy atom. The van der Waals surface area contributed by atoms with Crippen LogP contribution in [0.1, 0.15) is 69.9 Å². The lowest BCUT2D eigenvalue weighted by molar-refractivity contribution is -0.152. The highest BCUT2D eigenvalue weighted by atomic mass is 16.6. The van der Waals surface area contributed by atoms with Gasteiger partial charge < -0.3 is 24.4 Å². The van der Waals surface area contributed by atoms with Gasteiger partial charge in [0.15, 0.2) is 17.5 Å². The largest absolute Gasteiger partial charge is 0.478 e. The molecule has 3 aromatic carbocycles. The molecule has 0 saturated heterocycles. The number of benzene rings is 3. The van der Waals surface area contributed by atoms with Crippen molar-refractivity contribution in [2.24, 2.45) is 0 Å². The number of amides is 3. The van der Waals surface area contributed by atoms with Crippen LogP contribution in [0.15, 0.2) is 89.5 Å². The molecular weight excluding hydrogens is 574 g/mol. The maximum absolute atomic E-state index is 13.5. The molecule has 10 heteroatoms. The third kappa shape index (κ3) is 8.95. The second-order valence-corrected chi connectivity index (χ2v) is 11.1. The molecule has 1 atom stereocenters. The lowest BCUT2D eigenvalue weighted by Crippen LogP contribution is -2.40. The predicted octanol–water partition coefficient (Wildman–Crippen LogP) is 8.25. The Morgan fingerprint density at radius 1 is 0.956 bits per heavy atom. The minimum Gasteiger partial charge on any atom is -0.478 e. The van der Waals surface area contributed by atoms with Crippen molar-refractivity contribution >= 4 is 23.8 Å². The molecule has 0 fully saturated rings. The summed E-state index contributed by atoms with van der Waals surface area (Å²) < 4.78 is 16.9. The van der Waals surface area contributed by atoms with Crippen LogP contribution in [0.4, 0.5) is 15.3 Å². The van der Waals surface area contributed by atoms with Gasteiger partial charge in [0.2, 0.25) is 0 Å². The Bertz CT molecular complexity index is 1570. The molecule has 1 unspecified atom stereocenters. The van der Waals surface area contributed by atoms with Crippen molar-refractivity contribution in [2.45, 2.75) is 71.6 Å². The van der Waals surface area contributed by atoms with E-state index >= 15 is 0 Å². The van der Waals surface area contributed by atoms with E-state index in [0.29, 0.717) is 34.9 Å². The summed E-state index contributed by atoms with van der Waals surface area (Å²) in [4.78, 5) is 39.3. The monoisotopic (exact) mass is 613 g/mol. The second kappa shape index (κ2) is 15.1. The number of ether oxygens (including phenoxy) is 2. The van der Waals surface area contributed by atoms with Crippen molar-refractivity contribution in [2.75, 3.05) is 5.32 Å². The van der Waals surface area contributed by atoms with Gasteiger partial charge in [0, 0.05) is 17.3 Å². The Labute approximate surface area is 262 Å². The highest BCUT2D eigenvalue weighted by Crippen LogP contribution is 2.29. The fourth-order valence-electron chi connectivity index (χ4n) is 4.45. The summed E-state index contributed by atoms with van der Waals surface area (Å²) in [6.45, 7) is 6.91. The number of aliphatic carboxylic acids is 1. The lowest BCUT2D eigenvalue weighted by atomic mass is 10.1. The second-order valence-electron chi connectivity index (χ2n) is 11.1. The Balaban J connectivity index is 1.47. The maximum atomic E-state index is 13.5. The van der Waals surface area contributed by atoms with Crippen molar-refractivity contribution in [3.05, 3.63) is 102 Å². The first-order valence-corrected chi connectivity index (χ1v) is 15.0. The number of urea groups is 1. The van der Waals surface area contributed by atoms with E-state index in [1.165, 1.54) is 19.4 Å². The number of carboxylic acids is 1. The van der Waals surface area contributed by atoms with Gasteiger partial charge in [0.1, 0.15) is 11.4 Å². The molecule has 2 N–H and O–H groups in total. The Morgan fingerprint density at radius 2 is 1.64 bits per heavy atom. The number of aryl methyl sites for hydroxylation is 1.